The molecule has 0 amide bonds. The number of rotatable bonds is 7. The van der Waals surface area contributed by atoms with Crippen LogP contribution in [0.1, 0.15) is 29.2 Å². The summed E-state index contributed by atoms with van der Waals surface area (Å²) in [6.07, 6.45) is -5.38. The highest BCUT2D eigenvalue weighted by Crippen LogP contribution is 2.39. The van der Waals surface area contributed by atoms with Crippen LogP contribution >= 0.6 is 23.2 Å². The van der Waals surface area contributed by atoms with E-state index >= 15 is 0 Å². The summed E-state index contributed by atoms with van der Waals surface area (Å²) in [5.74, 6) is -0.679. The Morgan fingerprint density at radius 3 is 2.71 bits per heavy atom. The maximum Gasteiger partial charge on any atom is 0.416 e. The largest absolute Gasteiger partial charge is 0.489 e. The summed E-state index contributed by atoms with van der Waals surface area (Å²) in [5, 5.41) is -0.380. The number of carbonyl (C=O) groups is 1. The van der Waals surface area contributed by atoms with E-state index in [2.05, 4.69) is 0 Å². The molecule has 0 spiro atoms. The first-order valence-electron chi connectivity index (χ1n) is 9.44. The topological polar surface area (TPSA) is 38.8 Å². The van der Waals surface area contributed by atoms with Crippen LogP contribution in [0, 0.1) is 5.82 Å². The monoisotopic (exact) mass is 479 g/mol. The molecule has 1 heterocycles. The Bertz CT molecular complexity index is 919. The van der Waals surface area contributed by atoms with Gasteiger partial charge in [-0.25, -0.2) is 4.39 Å². The highest BCUT2D eigenvalue weighted by molar-refractivity contribution is 6.63. The second-order valence-electron chi connectivity index (χ2n) is 7.00. The van der Waals surface area contributed by atoms with Crippen molar-refractivity contribution in [2.45, 2.75) is 25.3 Å². The van der Waals surface area contributed by atoms with Gasteiger partial charge in [-0.2, -0.15) is 13.2 Å². The smallest absolute Gasteiger partial charge is 0.416 e. The van der Waals surface area contributed by atoms with Crippen molar-refractivity contribution in [3.05, 3.63) is 63.9 Å². The minimum atomic E-state index is -4.65. The van der Waals surface area contributed by atoms with Crippen LogP contribution in [0.5, 0.6) is 5.75 Å². The van der Waals surface area contributed by atoms with E-state index in [-0.39, 0.29) is 48.1 Å². The Hall–Kier alpha value is -1.87. The van der Waals surface area contributed by atoms with Gasteiger partial charge in [-0.05, 0) is 41.4 Å². The molecule has 0 bridgehead atoms. The first-order valence-corrected chi connectivity index (χ1v) is 10.2. The summed E-state index contributed by atoms with van der Waals surface area (Å²) < 4.78 is 66.1. The van der Waals surface area contributed by atoms with Crippen LogP contribution in [0.3, 0.4) is 0 Å². The molecule has 0 N–H and O–H groups in total. The molecule has 1 unspecified atom stereocenters. The highest BCUT2D eigenvalue weighted by Gasteiger charge is 2.37. The average molecular weight is 480 g/mol. The Morgan fingerprint density at radius 2 is 2.03 bits per heavy atom. The van der Waals surface area contributed by atoms with Gasteiger partial charge in [0.25, 0.3) is 0 Å². The number of halogens is 6. The van der Waals surface area contributed by atoms with Gasteiger partial charge in [-0.1, -0.05) is 23.7 Å². The number of nitrogens with zero attached hydrogens (tertiary/aromatic N) is 1. The molecule has 1 saturated heterocycles. The van der Waals surface area contributed by atoms with E-state index in [0.29, 0.717) is 13.1 Å². The first-order chi connectivity index (χ1) is 14.6. The van der Waals surface area contributed by atoms with E-state index in [1.54, 1.807) is 0 Å². The van der Waals surface area contributed by atoms with Gasteiger partial charge in [-0.3, -0.25) is 9.69 Å². The molecule has 0 radical (unpaired) electrons. The molecule has 4 nitrogen and oxygen atoms in total. The lowest BCUT2D eigenvalue weighted by Gasteiger charge is -2.34. The van der Waals surface area contributed by atoms with Gasteiger partial charge in [0.2, 0.25) is 5.24 Å². The van der Waals surface area contributed by atoms with Crippen molar-refractivity contribution >= 4 is 28.4 Å². The first kappa shape index (κ1) is 23.8. The number of carbonyl (C=O) groups excluding carboxylic acids is 1. The van der Waals surface area contributed by atoms with Crippen LogP contribution < -0.4 is 4.74 Å². The number of hydrogen-bond acceptors (Lipinski definition) is 4. The van der Waals surface area contributed by atoms with Crippen molar-refractivity contribution in [2.24, 2.45) is 0 Å². The average Bonchev–Trinajstić information content (AvgIpc) is 2.71. The van der Waals surface area contributed by atoms with Crippen LogP contribution in [0.25, 0.3) is 0 Å². The lowest BCUT2D eigenvalue weighted by atomic mass is 10.00. The van der Waals surface area contributed by atoms with Gasteiger partial charge in [0.15, 0.2) is 0 Å². The van der Waals surface area contributed by atoms with Crippen LogP contribution in [0.4, 0.5) is 17.6 Å². The number of ether oxygens (including phenoxy) is 2. The quantitative estimate of drug-likeness (QED) is 0.382. The Labute approximate surface area is 186 Å². The van der Waals surface area contributed by atoms with E-state index in [1.165, 1.54) is 30.3 Å². The molecule has 1 aliphatic heterocycles. The highest BCUT2D eigenvalue weighted by atomic mass is 35.5. The minimum Gasteiger partial charge on any atom is -0.489 e. The van der Waals surface area contributed by atoms with Gasteiger partial charge in [0, 0.05) is 31.6 Å². The van der Waals surface area contributed by atoms with Crippen LogP contribution in [0.2, 0.25) is 5.02 Å². The van der Waals surface area contributed by atoms with Crippen molar-refractivity contribution in [1.29, 1.82) is 0 Å². The Morgan fingerprint density at radius 1 is 1.26 bits per heavy atom. The van der Waals surface area contributed by atoms with E-state index < -0.39 is 28.9 Å². The number of morpholine rings is 1. The van der Waals surface area contributed by atoms with E-state index in [4.69, 9.17) is 32.7 Å². The Balaban J connectivity index is 1.79. The second kappa shape index (κ2) is 10.2. The minimum absolute atomic E-state index is 0.0364. The summed E-state index contributed by atoms with van der Waals surface area (Å²) >= 11 is 11.3. The van der Waals surface area contributed by atoms with Gasteiger partial charge in [-0.15, -0.1) is 0 Å². The fraction of sp³-hybridized carbons (Fsp3) is 0.381. The molecule has 0 aromatic heterocycles. The molecule has 31 heavy (non-hydrogen) atoms. The van der Waals surface area contributed by atoms with Gasteiger partial charge in [0.05, 0.1) is 23.3 Å². The number of benzene rings is 2. The van der Waals surface area contributed by atoms with E-state index in [9.17, 15) is 22.4 Å². The summed E-state index contributed by atoms with van der Waals surface area (Å²) in [6, 6.07) is 7.63. The fourth-order valence-corrected chi connectivity index (χ4v) is 3.62. The van der Waals surface area contributed by atoms with Crippen molar-refractivity contribution < 1.29 is 31.8 Å². The van der Waals surface area contributed by atoms with Crippen molar-refractivity contribution in [1.82, 2.24) is 4.90 Å². The zero-order valence-electron chi connectivity index (χ0n) is 16.2. The summed E-state index contributed by atoms with van der Waals surface area (Å²) in [6.45, 7) is 0.934. The third kappa shape index (κ3) is 6.32. The molecule has 168 valence electrons. The van der Waals surface area contributed by atoms with Crippen molar-refractivity contribution in [3.63, 3.8) is 0 Å². The molecule has 3 rings (SSSR count). The fourth-order valence-electron chi connectivity index (χ4n) is 3.32. The summed E-state index contributed by atoms with van der Waals surface area (Å²) in [4.78, 5) is 12.8. The lowest BCUT2D eigenvalue weighted by Crippen LogP contribution is -2.39. The van der Waals surface area contributed by atoms with Crippen LogP contribution in [-0.4, -0.2) is 36.4 Å². The standard InChI is InChI=1S/C21H19Cl2F4NO3/c22-17-2-1-3-18(24)15(17)12-31-13-4-5-14(16(10-13)21(25,26)27)19-11-28(8-9-30-19)7-6-20(23)29/h1-5,10,19H,6-9,11-12H2. The molecule has 10 heteroatoms. The summed E-state index contributed by atoms with van der Waals surface area (Å²) in [5.41, 5.74) is -0.877. The maximum atomic E-state index is 13.9. The van der Waals surface area contributed by atoms with E-state index in [1.807, 2.05) is 4.90 Å². The molecule has 2 aromatic rings. The molecule has 1 atom stereocenters. The predicted octanol–water partition coefficient (Wildman–Crippen LogP) is 5.61. The van der Waals surface area contributed by atoms with Gasteiger partial charge in [0.1, 0.15) is 18.2 Å². The third-order valence-electron chi connectivity index (χ3n) is 4.90. The maximum absolute atomic E-state index is 13.9. The third-order valence-corrected chi connectivity index (χ3v) is 5.44. The van der Waals surface area contributed by atoms with Crippen LogP contribution in [0.15, 0.2) is 36.4 Å². The predicted molar refractivity (Wildman–Crippen MR) is 108 cm³/mol. The molecular weight excluding hydrogens is 461 g/mol. The zero-order chi connectivity index (χ0) is 22.6. The molecule has 0 saturated carbocycles. The van der Waals surface area contributed by atoms with Gasteiger partial charge >= 0.3 is 6.18 Å². The van der Waals surface area contributed by atoms with E-state index in [0.717, 1.165) is 6.07 Å². The molecule has 0 aliphatic carbocycles. The number of hydrogen-bond donors (Lipinski definition) is 0. The number of alkyl halides is 3. The molecule has 1 aliphatic rings. The van der Waals surface area contributed by atoms with Crippen molar-refractivity contribution in [3.8, 4) is 5.75 Å². The molecule has 2 aromatic carbocycles. The van der Waals surface area contributed by atoms with Crippen LogP contribution in [-0.2, 0) is 22.3 Å². The summed E-state index contributed by atoms with van der Waals surface area (Å²) in [7, 11) is 0. The molecular formula is C21H19Cl2F4NO3. The second-order valence-corrected chi connectivity index (χ2v) is 7.83. The molecule has 1 fully saturated rings. The van der Waals surface area contributed by atoms with Gasteiger partial charge < -0.3 is 9.47 Å². The lowest BCUT2D eigenvalue weighted by molar-refractivity contribution is -0.140. The zero-order valence-corrected chi connectivity index (χ0v) is 17.7. The normalized spacial score (nSPS) is 17.5. The van der Waals surface area contributed by atoms with Crippen molar-refractivity contribution in [2.75, 3.05) is 26.2 Å². The SMILES string of the molecule is O=C(Cl)CCN1CCOC(c2ccc(OCc3c(F)cccc3Cl)cc2C(F)(F)F)C1. The Kier molecular flexibility index (Phi) is 7.80.